The van der Waals surface area contributed by atoms with Crippen molar-refractivity contribution in [3.05, 3.63) is 0 Å². The molecule has 0 atom stereocenters. The number of hydrogen-bond donors (Lipinski definition) is 1. The average molecular weight is 170 g/mol. The minimum atomic E-state index is -0.0434. The fourth-order valence-electron chi connectivity index (χ4n) is 1.93. The zero-order valence-electron chi connectivity index (χ0n) is 7.90. The van der Waals surface area contributed by atoms with E-state index in [1.807, 2.05) is 0 Å². The van der Waals surface area contributed by atoms with Gasteiger partial charge in [-0.1, -0.05) is 0 Å². The van der Waals surface area contributed by atoms with E-state index in [2.05, 4.69) is 23.6 Å². The molecule has 2 aliphatic heterocycles. The number of likely N-dealkylation sites (tertiary alicyclic amines) is 2. The molecule has 0 aromatic heterocycles. The van der Waals surface area contributed by atoms with Gasteiger partial charge in [-0.3, -0.25) is 9.80 Å². The highest BCUT2D eigenvalue weighted by atomic mass is 16.3. The molecule has 0 radical (unpaired) electrons. The lowest BCUT2D eigenvalue weighted by molar-refractivity contribution is -0.0771. The van der Waals surface area contributed by atoms with Gasteiger partial charge in [-0.05, 0) is 13.8 Å². The third-order valence-corrected chi connectivity index (χ3v) is 3.03. The molecule has 70 valence electrons. The van der Waals surface area contributed by atoms with E-state index in [-0.39, 0.29) is 6.10 Å². The van der Waals surface area contributed by atoms with E-state index >= 15 is 0 Å². The van der Waals surface area contributed by atoms with Gasteiger partial charge in [-0.25, -0.2) is 0 Å². The normalized spacial score (nSPS) is 29.0. The molecule has 0 bridgehead atoms. The molecule has 3 heteroatoms. The minimum absolute atomic E-state index is 0.0434. The first-order valence-electron chi connectivity index (χ1n) is 4.83. The fraction of sp³-hybridized carbons (Fsp3) is 1.00. The van der Waals surface area contributed by atoms with Crippen LogP contribution in [0.15, 0.2) is 0 Å². The second-order valence-corrected chi connectivity index (χ2v) is 4.31. The van der Waals surface area contributed by atoms with Crippen LogP contribution in [0.5, 0.6) is 0 Å². The Labute approximate surface area is 74.0 Å². The Hall–Kier alpha value is -0.120. The predicted octanol–water partition coefficient (Wildman–Crippen LogP) is -0.245. The van der Waals surface area contributed by atoms with Gasteiger partial charge in [0.25, 0.3) is 0 Å². The standard InChI is InChI=1S/C9H18N2O/c1-7(2)10-3-8(4-10)11-5-9(12)6-11/h7-9,12H,3-6H2,1-2H3. The Morgan fingerprint density at radius 2 is 1.75 bits per heavy atom. The molecular weight excluding hydrogens is 152 g/mol. The highest BCUT2D eigenvalue weighted by Gasteiger charge is 2.38. The lowest BCUT2D eigenvalue weighted by Crippen LogP contribution is -2.67. The summed E-state index contributed by atoms with van der Waals surface area (Å²) in [6.07, 6.45) is -0.0434. The monoisotopic (exact) mass is 170 g/mol. The Kier molecular flexibility index (Phi) is 2.10. The van der Waals surface area contributed by atoms with E-state index in [4.69, 9.17) is 5.11 Å². The first kappa shape index (κ1) is 8.48. The molecule has 12 heavy (non-hydrogen) atoms. The molecule has 0 aliphatic carbocycles. The van der Waals surface area contributed by atoms with Crippen LogP contribution in [0.25, 0.3) is 0 Å². The van der Waals surface area contributed by atoms with Gasteiger partial charge in [0.15, 0.2) is 0 Å². The lowest BCUT2D eigenvalue weighted by Gasteiger charge is -2.52. The number of β-amino-alcohol motifs (C(OH)–C–C–N with tert-alkyl or cyclic N) is 1. The molecule has 0 aromatic rings. The van der Waals surface area contributed by atoms with Crippen LogP contribution in [-0.4, -0.2) is 59.3 Å². The molecule has 0 unspecified atom stereocenters. The maximum Gasteiger partial charge on any atom is 0.0794 e. The van der Waals surface area contributed by atoms with Crippen molar-refractivity contribution in [2.75, 3.05) is 26.2 Å². The van der Waals surface area contributed by atoms with E-state index in [9.17, 15) is 0 Å². The van der Waals surface area contributed by atoms with Crippen molar-refractivity contribution >= 4 is 0 Å². The summed E-state index contributed by atoms with van der Waals surface area (Å²) < 4.78 is 0. The van der Waals surface area contributed by atoms with Gasteiger partial charge >= 0.3 is 0 Å². The highest BCUT2D eigenvalue weighted by Crippen LogP contribution is 2.21. The quantitative estimate of drug-likeness (QED) is 0.619. The van der Waals surface area contributed by atoms with Crippen LogP contribution in [0.3, 0.4) is 0 Å². The summed E-state index contributed by atoms with van der Waals surface area (Å²) in [6, 6.07) is 1.42. The van der Waals surface area contributed by atoms with Crippen LogP contribution >= 0.6 is 0 Å². The first-order chi connectivity index (χ1) is 5.66. The average Bonchev–Trinajstić information content (AvgIpc) is 1.79. The van der Waals surface area contributed by atoms with E-state index in [0.29, 0.717) is 6.04 Å². The van der Waals surface area contributed by atoms with Crippen molar-refractivity contribution in [1.82, 2.24) is 9.80 Å². The van der Waals surface area contributed by atoms with Crippen LogP contribution in [0.4, 0.5) is 0 Å². The van der Waals surface area contributed by atoms with Crippen LogP contribution in [0.1, 0.15) is 13.8 Å². The zero-order valence-corrected chi connectivity index (χ0v) is 7.90. The third kappa shape index (κ3) is 1.37. The van der Waals surface area contributed by atoms with Crippen LogP contribution < -0.4 is 0 Å². The van der Waals surface area contributed by atoms with Crippen molar-refractivity contribution in [2.24, 2.45) is 0 Å². The van der Waals surface area contributed by atoms with Gasteiger partial charge in [0, 0.05) is 38.3 Å². The number of nitrogens with zero attached hydrogens (tertiary/aromatic N) is 2. The number of rotatable bonds is 2. The molecule has 2 saturated heterocycles. The number of aliphatic hydroxyl groups is 1. The molecule has 1 N–H and O–H groups in total. The summed E-state index contributed by atoms with van der Waals surface area (Å²) in [4.78, 5) is 4.85. The molecule has 0 amide bonds. The van der Waals surface area contributed by atoms with Gasteiger partial charge in [0.1, 0.15) is 0 Å². The van der Waals surface area contributed by atoms with Gasteiger partial charge in [0.2, 0.25) is 0 Å². The van der Waals surface area contributed by atoms with Crippen molar-refractivity contribution in [3.63, 3.8) is 0 Å². The Balaban J connectivity index is 1.68. The lowest BCUT2D eigenvalue weighted by atomic mass is 10.00. The van der Waals surface area contributed by atoms with Crippen molar-refractivity contribution in [1.29, 1.82) is 0 Å². The molecule has 3 nitrogen and oxygen atoms in total. The van der Waals surface area contributed by atoms with Gasteiger partial charge in [-0.2, -0.15) is 0 Å². The second kappa shape index (κ2) is 2.98. The maximum absolute atomic E-state index is 9.11. The predicted molar refractivity (Wildman–Crippen MR) is 48.1 cm³/mol. The summed E-state index contributed by atoms with van der Waals surface area (Å²) in [5.41, 5.74) is 0. The summed E-state index contributed by atoms with van der Waals surface area (Å²) in [5, 5.41) is 9.11. The summed E-state index contributed by atoms with van der Waals surface area (Å²) in [6.45, 7) is 8.67. The van der Waals surface area contributed by atoms with Crippen LogP contribution in [-0.2, 0) is 0 Å². The number of hydrogen-bond acceptors (Lipinski definition) is 3. The molecule has 0 spiro atoms. The summed E-state index contributed by atoms with van der Waals surface area (Å²) in [5.74, 6) is 0. The van der Waals surface area contributed by atoms with Crippen LogP contribution in [0, 0.1) is 0 Å². The number of aliphatic hydroxyl groups excluding tert-OH is 1. The van der Waals surface area contributed by atoms with E-state index in [0.717, 1.165) is 19.1 Å². The fourth-order valence-corrected chi connectivity index (χ4v) is 1.93. The second-order valence-electron chi connectivity index (χ2n) is 4.31. The molecule has 2 rings (SSSR count). The SMILES string of the molecule is CC(C)N1CC(N2CC(O)C2)C1. The largest absolute Gasteiger partial charge is 0.390 e. The molecule has 0 aromatic carbocycles. The Bertz CT molecular complexity index is 160. The summed E-state index contributed by atoms with van der Waals surface area (Å²) >= 11 is 0. The first-order valence-corrected chi connectivity index (χ1v) is 4.83. The Morgan fingerprint density at radius 3 is 2.17 bits per heavy atom. The van der Waals surface area contributed by atoms with Crippen molar-refractivity contribution < 1.29 is 5.11 Å². The zero-order chi connectivity index (χ0) is 8.72. The highest BCUT2D eigenvalue weighted by molar-refractivity contribution is 4.95. The molecule has 2 heterocycles. The van der Waals surface area contributed by atoms with Crippen molar-refractivity contribution in [2.45, 2.75) is 32.0 Å². The maximum atomic E-state index is 9.11. The summed E-state index contributed by atoms with van der Waals surface area (Å²) in [7, 11) is 0. The van der Waals surface area contributed by atoms with Gasteiger partial charge in [-0.15, -0.1) is 0 Å². The molecule has 0 saturated carbocycles. The van der Waals surface area contributed by atoms with E-state index < -0.39 is 0 Å². The minimum Gasteiger partial charge on any atom is -0.390 e. The molecule has 2 fully saturated rings. The van der Waals surface area contributed by atoms with E-state index in [1.165, 1.54) is 13.1 Å². The topological polar surface area (TPSA) is 26.7 Å². The smallest absolute Gasteiger partial charge is 0.0794 e. The van der Waals surface area contributed by atoms with E-state index in [1.54, 1.807) is 0 Å². The molecular formula is C9H18N2O. The third-order valence-electron chi connectivity index (χ3n) is 3.03. The Morgan fingerprint density at radius 1 is 1.17 bits per heavy atom. The van der Waals surface area contributed by atoms with Crippen molar-refractivity contribution in [3.8, 4) is 0 Å². The van der Waals surface area contributed by atoms with Gasteiger partial charge < -0.3 is 5.11 Å². The van der Waals surface area contributed by atoms with Crippen LogP contribution in [0.2, 0.25) is 0 Å². The molecule has 2 aliphatic rings. The van der Waals surface area contributed by atoms with Gasteiger partial charge in [0.05, 0.1) is 6.10 Å².